The number of rotatable bonds is 3. The number of hydrogen-bond acceptors (Lipinski definition) is 4. The Kier molecular flexibility index (Phi) is 6.39. The third kappa shape index (κ3) is 4.36. The summed E-state index contributed by atoms with van der Waals surface area (Å²) in [4.78, 5) is 30.3. The number of carbonyl (C=O) groups excluding carboxylic acids is 1. The van der Waals surface area contributed by atoms with Gasteiger partial charge in [-0.15, -0.1) is 0 Å². The number of hydrogen-bond donors (Lipinski definition) is 0. The van der Waals surface area contributed by atoms with Gasteiger partial charge in [-0.2, -0.15) is 0 Å². The van der Waals surface area contributed by atoms with Crippen LogP contribution in [0.1, 0.15) is 40.7 Å². The molecule has 7 heteroatoms. The molecule has 2 aromatic heterocycles. The van der Waals surface area contributed by atoms with E-state index in [1.54, 1.807) is 52.5 Å². The molecule has 0 atom stereocenters. The Balaban J connectivity index is 0.000000194. The molecule has 3 rings (SSSR count). The minimum absolute atomic E-state index is 0.0399. The van der Waals surface area contributed by atoms with E-state index >= 15 is 0 Å². The molecule has 0 saturated heterocycles. The van der Waals surface area contributed by atoms with E-state index in [2.05, 4.69) is 39.3 Å². The molecule has 3 heterocycles. The molecule has 0 bridgehead atoms. The number of fused-ring (bicyclic) bond motifs is 1. The first-order chi connectivity index (χ1) is 12.8. The summed E-state index contributed by atoms with van der Waals surface area (Å²) < 4.78 is 3.73. The van der Waals surface area contributed by atoms with Gasteiger partial charge in [-0.25, -0.2) is 9.50 Å². The van der Waals surface area contributed by atoms with Crippen LogP contribution in [0, 0.1) is 0 Å². The lowest BCUT2D eigenvalue weighted by molar-refractivity contribution is -0.123. The molecule has 0 radical (unpaired) electrons. The summed E-state index contributed by atoms with van der Waals surface area (Å²) in [7, 11) is 0. The fraction of sp³-hybridized carbons (Fsp3) is 0.350. The Hall–Kier alpha value is -3.09. The molecule has 1 aliphatic rings. The van der Waals surface area contributed by atoms with Crippen molar-refractivity contribution in [3.05, 3.63) is 71.8 Å². The standard InChI is InChI=1S/C11H16N2O.C9H11N3O/c1-5-7-13-10(4)12(9(2)3)8-6-11(13)14;1-7(2)11-5-3-8(13)9-10-4-6-12(9)11/h5-9H,4H2,1-3H3;3-7H,1-2H3/b7-5-;. The van der Waals surface area contributed by atoms with Crippen molar-refractivity contribution in [3.8, 4) is 0 Å². The minimum atomic E-state index is -0.0509. The Morgan fingerprint density at radius 1 is 1.11 bits per heavy atom. The fourth-order valence-electron chi connectivity index (χ4n) is 2.71. The summed E-state index contributed by atoms with van der Waals surface area (Å²) >= 11 is 0. The molecule has 0 saturated carbocycles. The maximum absolute atomic E-state index is 11.5. The van der Waals surface area contributed by atoms with Crippen LogP contribution in [0.4, 0.5) is 0 Å². The molecule has 0 N–H and O–H groups in total. The first-order valence-corrected chi connectivity index (χ1v) is 8.93. The lowest BCUT2D eigenvalue weighted by Crippen LogP contribution is -2.39. The molecule has 0 unspecified atom stereocenters. The first-order valence-electron chi connectivity index (χ1n) is 8.93. The highest BCUT2D eigenvalue weighted by atomic mass is 16.2. The van der Waals surface area contributed by atoms with Crippen LogP contribution < -0.4 is 5.43 Å². The zero-order valence-corrected chi connectivity index (χ0v) is 16.5. The molecule has 1 aliphatic heterocycles. The van der Waals surface area contributed by atoms with Crippen molar-refractivity contribution in [2.45, 2.75) is 46.7 Å². The molecule has 2 aromatic rings. The maximum atomic E-state index is 11.5. The molecular weight excluding hydrogens is 342 g/mol. The molecule has 0 spiro atoms. The van der Waals surface area contributed by atoms with Crippen molar-refractivity contribution in [2.75, 3.05) is 0 Å². The topological polar surface area (TPSA) is 62.9 Å². The van der Waals surface area contributed by atoms with Crippen molar-refractivity contribution in [3.63, 3.8) is 0 Å². The lowest BCUT2D eigenvalue weighted by Gasteiger charge is -2.35. The van der Waals surface area contributed by atoms with Gasteiger partial charge in [-0.1, -0.05) is 12.7 Å². The van der Waals surface area contributed by atoms with Gasteiger partial charge in [0.15, 0.2) is 5.65 Å². The molecule has 0 aromatic carbocycles. The molecule has 1 amide bonds. The van der Waals surface area contributed by atoms with Crippen molar-refractivity contribution >= 4 is 11.6 Å². The van der Waals surface area contributed by atoms with Gasteiger partial charge in [0, 0.05) is 55.2 Å². The van der Waals surface area contributed by atoms with Crippen LogP contribution in [0.2, 0.25) is 0 Å². The Morgan fingerprint density at radius 2 is 1.81 bits per heavy atom. The summed E-state index contributed by atoms with van der Waals surface area (Å²) in [5, 5.41) is 0. The van der Waals surface area contributed by atoms with E-state index in [1.807, 2.05) is 22.6 Å². The first kappa shape index (κ1) is 20.2. The van der Waals surface area contributed by atoms with Crippen molar-refractivity contribution < 1.29 is 4.79 Å². The van der Waals surface area contributed by atoms with E-state index in [-0.39, 0.29) is 11.3 Å². The van der Waals surface area contributed by atoms with Gasteiger partial charge in [0.05, 0.1) is 0 Å². The second-order valence-electron chi connectivity index (χ2n) is 6.67. The molecule has 27 heavy (non-hydrogen) atoms. The predicted octanol–water partition coefficient (Wildman–Crippen LogP) is 3.13. The van der Waals surface area contributed by atoms with Crippen molar-refractivity contribution in [1.29, 1.82) is 0 Å². The number of carbonyl (C=O) groups is 1. The molecule has 0 aliphatic carbocycles. The second-order valence-corrected chi connectivity index (χ2v) is 6.67. The van der Waals surface area contributed by atoms with E-state index in [0.29, 0.717) is 23.6 Å². The van der Waals surface area contributed by atoms with Gasteiger partial charge in [-0.05, 0) is 34.6 Å². The normalized spacial score (nSPS) is 14.6. The van der Waals surface area contributed by atoms with Crippen LogP contribution >= 0.6 is 0 Å². The Morgan fingerprint density at radius 3 is 2.41 bits per heavy atom. The molecule has 0 fully saturated rings. The highest BCUT2D eigenvalue weighted by molar-refractivity contribution is 5.90. The molecular formula is C20H27N5O2. The van der Waals surface area contributed by atoms with Gasteiger partial charge in [0.2, 0.25) is 5.43 Å². The third-order valence-electron chi connectivity index (χ3n) is 4.04. The summed E-state index contributed by atoms with van der Waals surface area (Å²) in [6, 6.07) is 2.17. The maximum Gasteiger partial charge on any atom is 0.257 e. The summed E-state index contributed by atoms with van der Waals surface area (Å²) in [5.74, 6) is 0.649. The summed E-state index contributed by atoms with van der Waals surface area (Å²) in [5.41, 5.74) is 0.443. The Labute approximate surface area is 159 Å². The third-order valence-corrected chi connectivity index (χ3v) is 4.04. The van der Waals surface area contributed by atoms with E-state index < -0.39 is 0 Å². The van der Waals surface area contributed by atoms with Crippen LogP contribution in [-0.4, -0.2) is 35.9 Å². The average molecular weight is 369 g/mol. The van der Waals surface area contributed by atoms with Crippen LogP contribution in [0.3, 0.4) is 0 Å². The van der Waals surface area contributed by atoms with Crippen LogP contribution in [0.5, 0.6) is 0 Å². The highest BCUT2D eigenvalue weighted by Gasteiger charge is 2.22. The Bertz CT molecular complexity index is 933. The fourth-order valence-corrected chi connectivity index (χ4v) is 2.71. The number of nitrogens with zero attached hydrogens (tertiary/aromatic N) is 5. The van der Waals surface area contributed by atoms with Gasteiger partial charge < -0.3 is 4.90 Å². The molecule has 144 valence electrons. The highest BCUT2D eigenvalue weighted by Crippen LogP contribution is 2.18. The zero-order chi connectivity index (χ0) is 20.1. The lowest BCUT2D eigenvalue weighted by atomic mass is 10.3. The van der Waals surface area contributed by atoms with Gasteiger partial charge in [0.1, 0.15) is 5.82 Å². The van der Waals surface area contributed by atoms with E-state index in [4.69, 9.17) is 0 Å². The molecule has 7 nitrogen and oxygen atoms in total. The quantitative estimate of drug-likeness (QED) is 0.834. The smallest absolute Gasteiger partial charge is 0.257 e. The largest absolute Gasteiger partial charge is 0.332 e. The number of allylic oxidation sites excluding steroid dienone is 1. The van der Waals surface area contributed by atoms with Crippen LogP contribution in [-0.2, 0) is 4.79 Å². The van der Waals surface area contributed by atoms with Gasteiger partial charge in [-0.3, -0.25) is 19.2 Å². The summed E-state index contributed by atoms with van der Waals surface area (Å²) in [6.45, 7) is 14.0. The SMILES string of the molecule is C=C1N(/C=C\C)C(=O)C=CN1C(C)C.CC(C)n1ccc(=O)c2nccn21. The van der Waals surface area contributed by atoms with Crippen LogP contribution in [0.15, 0.2) is 66.4 Å². The van der Waals surface area contributed by atoms with Gasteiger partial charge in [0.25, 0.3) is 5.91 Å². The van der Waals surface area contributed by atoms with Crippen LogP contribution in [0.25, 0.3) is 5.65 Å². The zero-order valence-electron chi connectivity index (χ0n) is 16.5. The minimum Gasteiger partial charge on any atom is -0.332 e. The second kappa shape index (κ2) is 8.53. The van der Waals surface area contributed by atoms with Crippen molar-refractivity contribution in [2.24, 2.45) is 0 Å². The van der Waals surface area contributed by atoms with Gasteiger partial charge >= 0.3 is 0 Å². The van der Waals surface area contributed by atoms with E-state index in [9.17, 15) is 9.59 Å². The van der Waals surface area contributed by atoms with Crippen molar-refractivity contribution in [1.82, 2.24) is 24.0 Å². The monoisotopic (exact) mass is 369 g/mol. The predicted molar refractivity (Wildman–Crippen MR) is 107 cm³/mol. The number of imidazole rings is 1. The van der Waals surface area contributed by atoms with E-state index in [0.717, 1.165) is 0 Å². The summed E-state index contributed by atoms with van der Waals surface area (Å²) in [6.07, 6.45) is 12.1. The number of aromatic nitrogens is 3. The average Bonchev–Trinajstić information content (AvgIpc) is 3.09. The number of amides is 1. The van der Waals surface area contributed by atoms with E-state index in [1.165, 1.54) is 0 Å².